The number of rotatable bonds is 12. The van der Waals surface area contributed by atoms with Crippen LogP contribution in [-0.2, 0) is 26.2 Å². The lowest BCUT2D eigenvalue weighted by Crippen LogP contribution is -2.52. The zero-order valence-electron chi connectivity index (χ0n) is 25.3. The third kappa shape index (κ3) is 8.19. The molecule has 0 heterocycles. The number of hydrogen-bond acceptors (Lipinski definition) is 4. The molecule has 2 amide bonds. The Kier molecular flexibility index (Phi) is 10.7. The molecule has 0 radical (unpaired) electrons. The molecule has 1 N–H and O–H groups in total. The Morgan fingerprint density at radius 3 is 2.02 bits per heavy atom. The Bertz CT molecular complexity index is 1450. The van der Waals surface area contributed by atoms with Crippen molar-refractivity contribution in [3.63, 3.8) is 0 Å². The lowest BCUT2D eigenvalue weighted by molar-refractivity contribution is -0.140. The summed E-state index contributed by atoms with van der Waals surface area (Å²) in [5.74, 6) is -0.450. The van der Waals surface area contributed by atoms with Gasteiger partial charge < -0.3 is 10.2 Å². The molecule has 0 saturated heterocycles. The van der Waals surface area contributed by atoms with E-state index in [1.807, 2.05) is 78.8 Å². The van der Waals surface area contributed by atoms with Gasteiger partial charge in [0.05, 0.1) is 10.6 Å². The maximum absolute atomic E-state index is 14.2. The molecule has 0 aliphatic carbocycles. The first-order valence-corrected chi connectivity index (χ1v) is 15.6. The van der Waals surface area contributed by atoms with Crippen LogP contribution in [0.25, 0.3) is 0 Å². The predicted molar refractivity (Wildman–Crippen MR) is 165 cm³/mol. The van der Waals surface area contributed by atoms with Crippen molar-refractivity contribution in [2.75, 3.05) is 17.4 Å². The average Bonchev–Trinajstić information content (AvgIpc) is 2.90. The van der Waals surface area contributed by atoms with Crippen LogP contribution < -0.4 is 9.62 Å². The molecular weight excluding hydrogens is 534 g/mol. The first-order chi connectivity index (χ1) is 19.3. The van der Waals surface area contributed by atoms with Crippen molar-refractivity contribution in [1.82, 2.24) is 10.2 Å². The molecule has 3 aromatic carbocycles. The molecule has 0 fully saturated rings. The number of carbonyl (C=O) groups is 2. The van der Waals surface area contributed by atoms with Gasteiger partial charge >= 0.3 is 0 Å². The van der Waals surface area contributed by atoms with Crippen molar-refractivity contribution >= 4 is 27.5 Å². The molecule has 3 aromatic rings. The van der Waals surface area contributed by atoms with Crippen LogP contribution in [0, 0.1) is 33.6 Å². The van der Waals surface area contributed by atoms with Gasteiger partial charge in [-0.15, -0.1) is 0 Å². The third-order valence-corrected chi connectivity index (χ3v) is 8.84. The van der Waals surface area contributed by atoms with Crippen molar-refractivity contribution in [3.05, 3.63) is 94.5 Å². The Labute approximate surface area is 245 Å². The van der Waals surface area contributed by atoms with Gasteiger partial charge in [-0.25, -0.2) is 8.42 Å². The van der Waals surface area contributed by atoms with Gasteiger partial charge in [0.15, 0.2) is 0 Å². The van der Waals surface area contributed by atoms with E-state index in [1.165, 1.54) is 9.21 Å². The summed E-state index contributed by atoms with van der Waals surface area (Å²) in [6, 6.07) is 19.0. The number of hydrogen-bond donors (Lipinski definition) is 1. The lowest BCUT2D eigenvalue weighted by atomic mass is 10.1. The van der Waals surface area contributed by atoms with Crippen LogP contribution in [-0.4, -0.2) is 44.3 Å². The topological polar surface area (TPSA) is 86.8 Å². The molecule has 7 nitrogen and oxygen atoms in total. The SMILES string of the molecule is CCC(C(=O)NCC(C)C)N(Cc1ccccc1C)C(=O)CN(c1cc(C)cc(C)c1)S(=O)(=O)c1ccc(C)cc1. The van der Waals surface area contributed by atoms with Gasteiger partial charge in [0.2, 0.25) is 11.8 Å². The Morgan fingerprint density at radius 2 is 1.46 bits per heavy atom. The summed E-state index contributed by atoms with van der Waals surface area (Å²) >= 11 is 0. The van der Waals surface area contributed by atoms with E-state index in [2.05, 4.69) is 5.32 Å². The fourth-order valence-corrected chi connectivity index (χ4v) is 6.17. The van der Waals surface area contributed by atoms with Gasteiger partial charge in [-0.2, -0.15) is 0 Å². The van der Waals surface area contributed by atoms with Crippen molar-refractivity contribution in [3.8, 4) is 0 Å². The zero-order valence-corrected chi connectivity index (χ0v) is 26.1. The van der Waals surface area contributed by atoms with E-state index in [1.54, 1.807) is 36.4 Å². The third-order valence-electron chi connectivity index (χ3n) is 7.05. The first kappa shape index (κ1) is 31.9. The van der Waals surface area contributed by atoms with Crippen LogP contribution >= 0.6 is 0 Å². The van der Waals surface area contributed by atoms with Crippen LogP contribution in [0.2, 0.25) is 0 Å². The minimum absolute atomic E-state index is 0.0993. The number of carbonyl (C=O) groups excluding carboxylic acids is 2. The van der Waals surface area contributed by atoms with Gasteiger partial charge in [-0.05, 0) is 86.6 Å². The highest BCUT2D eigenvalue weighted by molar-refractivity contribution is 7.92. The molecule has 8 heteroatoms. The molecule has 0 spiro atoms. The molecule has 0 bridgehead atoms. The van der Waals surface area contributed by atoms with Gasteiger partial charge in [0, 0.05) is 13.1 Å². The normalized spacial score (nSPS) is 12.2. The van der Waals surface area contributed by atoms with Gasteiger partial charge in [0.25, 0.3) is 10.0 Å². The van der Waals surface area contributed by atoms with Crippen LogP contribution in [0.3, 0.4) is 0 Å². The minimum atomic E-state index is -4.10. The van der Waals surface area contributed by atoms with Gasteiger partial charge in [-0.1, -0.05) is 68.8 Å². The highest BCUT2D eigenvalue weighted by Crippen LogP contribution is 2.27. The maximum atomic E-state index is 14.2. The first-order valence-electron chi connectivity index (χ1n) is 14.1. The Morgan fingerprint density at radius 1 is 0.854 bits per heavy atom. The number of benzene rings is 3. The van der Waals surface area contributed by atoms with Crippen molar-refractivity contribution < 1.29 is 18.0 Å². The van der Waals surface area contributed by atoms with E-state index >= 15 is 0 Å². The Balaban J connectivity index is 2.09. The van der Waals surface area contributed by atoms with Crippen molar-refractivity contribution in [2.24, 2.45) is 5.92 Å². The summed E-state index contributed by atoms with van der Waals surface area (Å²) in [7, 11) is -4.10. The van der Waals surface area contributed by atoms with E-state index in [4.69, 9.17) is 0 Å². The summed E-state index contributed by atoms with van der Waals surface area (Å²) in [5, 5.41) is 2.97. The molecule has 0 saturated carbocycles. The van der Waals surface area contributed by atoms with E-state index in [0.717, 1.165) is 27.8 Å². The molecule has 0 aliphatic rings. The van der Waals surface area contributed by atoms with Gasteiger partial charge in [-0.3, -0.25) is 13.9 Å². The second-order valence-corrected chi connectivity index (χ2v) is 13.0. The van der Waals surface area contributed by atoms with E-state index in [0.29, 0.717) is 18.7 Å². The second kappa shape index (κ2) is 13.8. The average molecular weight is 578 g/mol. The van der Waals surface area contributed by atoms with E-state index in [-0.39, 0.29) is 23.3 Å². The smallest absolute Gasteiger partial charge is 0.264 e. The largest absolute Gasteiger partial charge is 0.354 e. The summed E-state index contributed by atoms with van der Waals surface area (Å²) in [6.45, 7) is 13.7. The quantitative estimate of drug-likeness (QED) is 0.299. The molecule has 220 valence electrons. The van der Waals surface area contributed by atoms with E-state index in [9.17, 15) is 18.0 Å². The van der Waals surface area contributed by atoms with Crippen molar-refractivity contribution in [1.29, 1.82) is 0 Å². The fraction of sp³-hybridized carbons (Fsp3) is 0.394. The molecule has 1 atom stereocenters. The Hall–Kier alpha value is -3.65. The number of aryl methyl sites for hydroxylation is 4. The molecule has 1 unspecified atom stereocenters. The number of sulfonamides is 1. The second-order valence-electron chi connectivity index (χ2n) is 11.2. The fourth-order valence-electron chi connectivity index (χ4n) is 4.77. The minimum Gasteiger partial charge on any atom is -0.354 e. The van der Waals surface area contributed by atoms with E-state index < -0.39 is 28.5 Å². The van der Waals surface area contributed by atoms with Crippen molar-refractivity contribution in [2.45, 2.75) is 72.4 Å². The molecule has 0 aromatic heterocycles. The zero-order chi connectivity index (χ0) is 30.3. The highest BCUT2D eigenvalue weighted by atomic mass is 32.2. The van der Waals surface area contributed by atoms with Crippen LogP contribution in [0.4, 0.5) is 5.69 Å². The van der Waals surface area contributed by atoms with Crippen LogP contribution in [0.5, 0.6) is 0 Å². The summed E-state index contributed by atoms with van der Waals surface area (Å²) in [4.78, 5) is 29.2. The van der Waals surface area contributed by atoms with Crippen LogP contribution in [0.1, 0.15) is 55.0 Å². The van der Waals surface area contributed by atoms with Gasteiger partial charge in [0.1, 0.15) is 12.6 Å². The van der Waals surface area contributed by atoms with Crippen LogP contribution in [0.15, 0.2) is 71.6 Å². The summed E-state index contributed by atoms with van der Waals surface area (Å²) in [6.07, 6.45) is 0.385. The highest BCUT2D eigenvalue weighted by Gasteiger charge is 2.34. The summed E-state index contributed by atoms with van der Waals surface area (Å²) < 4.78 is 29.3. The molecular formula is C33H43N3O4S. The molecule has 0 aliphatic heterocycles. The number of nitrogens with zero attached hydrogens (tertiary/aromatic N) is 2. The number of nitrogens with one attached hydrogen (secondary N) is 1. The maximum Gasteiger partial charge on any atom is 0.264 e. The number of anilines is 1. The molecule has 41 heavy (non-hydrogen) atoms. The number of amides is 2. The molecule has 3 rings (SSSR count). The lowest BCUT2D eigenvalue weighted by Gasteiger charge is -2.33. The predicted octanol–water partition coefficient (Wildman–Crippen LogP) is 5.70. The summed E-state index contributed by atoms with van der Waals surface area (Å²) in [5.41, 5.74) is 4.99. The standard InChI is InChI=1S/C33H43N3O4S/c1-8-31(33(38)34-20-23(2)3)35(21-28-12-10-9-11-27(28)7)32(37)22-36(29-18-25(5)17-26(6)19-29)41(39,40)30-15-13-24(4)14-16-30/h9-19,23,31H,8,20-22H2,1-7H3,(H,34,38). The monoisotopic (exact) mass is 577 g/mol.